The maximum Gasteiger partial charge on any atom is 0.410 e. The highest BCUT2D eigenvalue weighted by Gasteiger charge is 2.27. The molecule has 1 aliphatic heterocycles. The molecule has 0 aromatic carbocycles. The fourth-order valence-electron chi connectivity index (χ4n) is 3.08. The first-order chi connectivity index (χ1) is 13.7. The van der Waals surface area contributed by atoms with Crippen molar-refractivity contribution in [1.82, 2.24) is 15.5 Å². The Morgan fingerprint density at radius 3 is 2.77 bits per heavy atom. The van der Waals surface area contributed by atoms with E-state index in [2.05, 4.69) is 15.6 Å². The van der Waals surface area contributed by atoms with Crippen LogP contribution in [0.15, 0.2) is 17.1 Å². The number of likely N-dealkylation sites (tertiary alicyclic amines) is 1. The zero-order valence-electron chi connectivity index (χ0n) is 18.1. The second kappa shape index (κ2) is 12.9. The van der Waals surface area contributed by atoms with Crippen LogP contribution in [0.5, 0.6) is 0 Å². The molecule has 0 aliphatic carbocycles. The van der Waals surface area contributed by atoms with E-state index in [1.807, 2.05) is 33.8 Å². The number of carbonyl (C=O) groups is 1. The number of nitrogens with zero attached hydrogens (tertiary/aromatic N) is 2. The molecule has 7 nitrogen and oxygen atoms in total. The molecule has 2 atom stereocenters. The van der Waals surface area contributed by atoms with Crippen molar-refractivity contribution in [3.8, 4) is 0 Å². The molecule has 172 valence electrons. The number of halogens is 2. The molecular weight excluding hydrogens is 539 g/mol. The van der Waals surface area contributed by atoms with Crippen molar-refractivity contribution < 1.29 is 14.6 Å². The Morgan fingerprint density at radius 1 is 1.43 bits per heavy atom. The number of thiophene rings is 1. The molecule has 0 radical (unpaired) electrons. The smallest absolute Gasteiger partial charge is 0.410 e. The number of guanidine groups is 1. The lowest BCUT2D eigenvalue weighted by Gasteiger charge is -2.34. The number of ether oxygens (including phenoxy) is 1. The van der Waals surface area contributed by atoms with E-state index in [0.29, 0.717) is 29.3 Å². The summed E-state index contributed by atoms with van der Waals surface area (Å²) in [5, 5.41) is 16.8. The molecule has 1 aliphatic rings. The third-order valence-corrected chi connectivity index (χ3v) is 5.75. The summed E-state index contributed by atoms with van der Waals surface area (Å²) in [5.41, 5.74) is -0.485. The highest BCUT2D eigenvalue weighted by molar-refractivity contribution is 14.0. The predicted molar refractivity (Wildman–Crippen MR) is 134 cm³/mol. The van der Waals surface area contributed by atoms with Gasteiger partial charge in [0.15, 0.2) is 5.96 Å². The number of carbonyl (C=O) groups excluding carboxylic acids is 1. The van der Waals surface area contributed by atoms with Crippen molar-refractivity contribution in [2.45, 2.75) is 52.2 Å². The number of rotatable bonds is 6. The molecule has 2 unspecified atom stereocenters. The van der Waals surface area contributed by atoms with Gasteiger partial charge in [0.05, 0.1) is 10.9 Å². The molecule has 2 heterocycles. The molecule has 0 saturated carbocycles. The summed E-state index contributed by atoms with van der Waals surface area (Å²) in [4.78, 5) is 19.4. The molecule has 30 heavy (non-hydrogen) atoms. The van der Waals surface area contributed by atoms with E-state index in [1.54, 1.807) is 11.0 Å². The molecule has 1 fully saturated rings. The summed E-state index contributed by atoms with van der Waals surface area (Å²) in [6.07, 6.45) is 1.07. The summed E-state index contributed by atoms with van der Waals surface area (Å²) < 4.78 is 6.15. The Balaban J connectivity index is 0.00000450. The number of hydrogen-bond donors (Lipinski definition) is 3. The summed E-state index contributed by atoms with van der Waals surface area (Å²) >= 11 is 7.29. The van der Waals surface area contributed by atoms with Gasteiger partial charge in [-0.1, -0.05) is 11.6 Å². The van der Waals surface area contributed by atoms with Crippen LogP contribution in [0.1, 0.15) is 51.5 Å². The van der Waals surface area contributed by atoms with Gasteiger partial charge in [0, 0.05) is 31.1 Å². The fraction of sp³-hybridized carbons (Fsp3) is 0.700. The van der Waals surface area contributed by atoms with Crippen LogP contribution >= 0.6 is 46.9 Å². The number of aliphatic hydroxyl groups is 1. The Bertz CT molecular complexity index is 696. The SMILES string of the molecule is CCNC(=NCC(O)c1ccc(Cl)s1)NCC1CCCN(C(=O)OC(C)(C)C)C1.I. The van der Waals surface area contributed by atoms with Gasteiger partial charge in [-0.05, 0) is 58.6 Å². The Kier molecular flexibility index (Phi) is 11.7. The monoisotopic (exact) mass is 572 g/mol. The fourth-order valence-corrected chi connectivity index (χ4v) is 4.12. The number of hydrogen-bond acceptors (Lipinski definition) is 5. The number of aliphatic imine (C=N–C) groups is 1. The molecule has 0 spiro atoms. The molecule has 1 aromatic heterocycles. The van der Waals surface area contributed by atoms with Gasteiger partial charge >= 0.3 is 6.09 Å². The van der Waals surface area contributed by atoms with Crippen LogP contribution in [0.2, 0.25) is 4.34 Å². The molecule has 10 heteroatoms. The second-order valence-electron chi connectivity index (χ2n) is 8.19. The van der Waals surface area contributed by atoms with Gasteiger partial charge in [0.1, 0.15) is 11.7 Å². The average molecular weight is 573 g/mol. The van der Waals surface area contributed by atoms with Crippen LogP contribution in [0.3, 0.4) is 0 Å². The number of aliphatic hydroxyl groups excluding tert-OH is 1. The minimum absolute atomic E-state index is 0. The van der Waals surface area contributed by atoms with Crippen LogP contribution in [0.4, 0.5) is 4.79 Å². The summed E-state index contributed by atoms with van der Waals surface area (Å²) in [7, 11) is 0. The van der Waals surface area contributed by atoms with Crippen LogP contribution in [-0.2, 0) is 4.74 Å². The Morgan fingerprint density at radius 2 is 2.17 bits per heavy atom. The van der Waals surface area contributed by atoms with Crippen molar-refractivity contribution >= 4 is 59.0 Å². The molecule has 0 bridgehead atoms. The van der Waals surface area contributed by atoms with E-state index < -0.39 is 11.7 Å². The summed E-state index contributed by atoms with van der Waals surface area (Å²) in [6.45, 7) is 10.7. The highest BCUT2D eigenvalue weighted by Crippen LogP contribution is 2.27. The van der Waals surface area contributed by atoms with Crippen LogP contribution in [-0.4, -0.2) is 60.4 Å². The maximum absolute atomic E-state index is 12.3. The van der Waals surface area contributed by atoms with Gasteiger partial charge in [0.25, 0.3) is 0 Å². The molecule has 1 saturated heterocycles. The minimum atomic E-state index is -0.680. The topological polar surface area (TPSA) is 86.2 Å². The highest BCUT2D eigenvalue weighted by atomic mass is 127. The number of piperidine rings is 1. The van der Waals surface area contributed by atoms with E-state index >= 15 is 0 Å². The second-order valence-corrected chi connectivity index (χ2v) is 9.94. The van der Waals surface area contributed by atoms with E-state index in [9.17, 15) is 9.90 Å². The number of amides is 1. The zero-order chi connectivity index (χ0) is 21.4. The van der Waals surface area contributed by atoms with Crippen LogP contribution < -0.4 is 10.6 Å². The lowest BCUT2D eigenvalue weighted by Crippen LogP contribution is -2.47. The van der Waals surface area contributed by atoms with Crippen molar-refractivity contribution in [3.63, 3.8) is 0 Å². The van der Waals surface area contributed by atoms with E-state index in [-0.39, 0.29) is 36.6 Å². The van der Waals surface area contributed by atoms with Crippen molar-refractivity contribution in [2.75, 3.05) is 32.7 Å². The van der Waals surface area contributed by atoms with Crippen molar-refractivity contribution in [3.05, 3.63) is 21.3 Å². The lowest BCUT2D eigenvalue weighted by molar-refractivity contribution is 0.0168. The van der Waals surface area contributed by atoms with Crippen LogP contribution in [0, 0.1) is 5.92 Å². The lowest BCUT2D eigenvalue weighted by atomic mass is 9.98. The zero-order valence-corrected chi connectivity index (χ0v) is 22.0. The summed E-state index contributed by atoms with van der Waals surface area (Å²) in [6, 6.07) is 3.60. The molecule has 2 rings (SSSR count). The molecular formula is C20H34ClIN4O3S. The normalized spacial score (nSPS) is 18.4. The van der Waals surface area contributed by atoms with Gasteiger partial charge in [-0.3, -0.25) is 4.99 Å². The van der Waals surface area contributed by atoms with Gasteiger partial charge in [-0.25, -0.2) is 4.79 Å². The first kappa shape index (κ1) is 27.3. The first-order valence-electron chi connectivity index (χ1n) is 10.1. The van der Waals surface area contributed by atoms with Crippen molar-refractivity contribution in [1.29, 1.82) is 0 Å². The average Bonchev–Trinajstić information content (AvgIpc) is 3.09. The van der Waals surface area contributed by atoms with E-state index in [0.717, 1.165) is 30.8 Å². The maximum atomic E-state index is 12.3. The Labute approximate surface area is 205 Å². The standard InChI is InChI=1S/C20H33ClN4O3S.HI/c1-5-22-18(24-12-15(26)16-8-9-17(21)29-16)23-11-14-7-6-10-25(13-14)19(27)28-20(2,3)4;/h8-9,14-15,26H,5-7,10-13H2,1-4H3,(H2,22,23,24);1H. The van der Waals surface area contributed by atoms with Gasteiger partial charge < -0.3 is 25.4 Å². The third-order valence-electron chi connectivity index (χ3n) is 4.42. The first-order valence-corrected chi connectivity index (χ1v) is 11.3. The van der Waals surface area contributed by atoms with E-state index in [4.69, 9.17) is 16.3 Å². The third kappa shape index (κ3) is 9.57. The van der Waals surface area contributed by atoms with Crippen LogP contribution in [0.25, 0.3) is 0 Å². The Hall–Kier alpha value is -0.780. The molecule has 3 N–H and O–H groups in total. The summed E-state index contributed by atoms with van der Waals surface area (Å²) in [5.74, 6) is 0.977. The molecule has 1 amide bonds. The van der Waals surface area contributed by atoms with E-state index in [1.165, 1.54) is 11.3 Å². The number of nitrogens with one attached hydrogen (secondary N) is 2. The van der Waals surface area contributed by atoms with Gasteiger partial charge in [-0.15, -0.1) is 35.3 Å². The van der Waals surface area contributed by atoms with Crippen molar-refractivity contribution in [2.24, 2.45) is 10.9 Å². The predicted octanol–water partition coefficient (Wildman–Crippen LogP) is 4.26. The van der Waals surface area contributed by atoms with Gasteiger partial charge in [-0.2, -0.15) is 0 Å². The molecule has 1 aromatic rings. The minimum Gasteiger partial charge on any atom is -0.444 e. The quantitative estimate of drug-likeness (QED) is 0.270. The largest absolute Gasteiger partial charge is 0.444 e. The van der Waals surface area contributed by atoms with Gasteiger partial charge in [0.2, 0.25) is 0 Å².